The number of nitrogens with zero attached hydrogens (tertiary/aromatic N) is 2. The molecule has 234 valence electrons. The van der Waals surface area contributed by atoms with Crippen molar-refractivity contribution in [3.63, 3.8) is 0 Å². The van der Waals surface area contributed by atoms with E-state index in [1.54, 1.807) is 18.2 Å². The zero-order chi connectivity index (χ0) is 29.4. The first-order valence-corrected chi connectivity index (χ1v) is 14.3. The Morgan fingerprint density at radius 3 is 2.37 bits per heavy atom. The maximum Gasteiger partial charge on any atom is 0.245 e. The molecular formula is C32H43Cl2N5O4. The van der Waals surface area contributed by atoms with Crippen molar-refractivity contribution in [2.75, 3.05) is 20.2 Å². The highest BCUT2D eigenvalue weighted by molar-refractivity contribution is 5.92. The van der Waals surface area contributed by atoms with Gasteiger partial charge in [0.1, 0.15) is 17.6 Å². The molecule has 3 aromatic rings. The van der Waals surface area contributed by atoms with E-state index < -0.39 is 23.4 Å². The minimum absolute atomic E-state index is 0. The van der Waals surface area contributed by atoms with Gasteiger partial charge in [-0.15, -0.1) is 24.8 Å². The number of carbonyl (C=O) groups excluding carboxylic acids is 3. The van der Waals surface area contributed by atoms with Gasteiger partial charge in [0.25, 0.3) is 0 Å². The van der Waals surface area contributed by atoms with Crippen LogP contribution in [0.1, 0.15) is 55.0 Å². The van der Waals surface area contributed by atoms with Crippen LogP contribution in [0, 0.1) is 6.92 Å². The molecule has 0 spiro atoms. The number of carbonyl (C=O) groups is 3. The van der Waals surface area contributed by atoms with Gasteiger partial charge in [0.2, 0.25) is 11.8 Å². The van der Waals surface area contributed by atoms with Gasteiger partial charge in [-0.05, 0) is 48.9 Å². The fourth-order valence-corrected chi connectivity index (χ4v) is 5.79. The third-order valence-electron chi connectivity index (χ3n) is 8.11. The number of ether oxygens (including phenoxy) is 1. The van der Waals surface area contributed by atoms with Crippen LogP contribution in [0.15, 0.2) is 61.1 Å². The Morgan fingerprint density at radius 1 is 1.09 bits per heavy atom. The highest BCUT2D eigenvalue weighted by Gasteiger charge is 2.43. The first kappa shape index (κ1) is 35.8. The number of rotatable bonds is 12. The molecule has 9 nitrogen and oxygen atoms in total. The lowest BCUT2D eigenvalue weighted by Gasteiger charge is -2.42. The van der Waals surface area contributed by atoms with Crippen molar-refractivity contribution in [2.24, 2.45) is 5.73 Å². The average Bonchev–Trinajstić information content (AvgIpc) is 3.50. The van der Waals surface area contributed by atoms with E-state index in [9.17, 15) is 14.4 Å². The molecule has 1 aliphatic rings. The van der Waals surface area contributed by atoms with Crippen LogP contribution in [-0.2, 0) is 32.6 Å². The molecule has 1 fully saturated rings. The van der Waals surface area contributed by atoms with Gasteiger partial charge in [0, 0.05) is 44.2 Å². The van der Waals surface area contributed by atoms with E-state index >= 15 is 0 Å². The van der Waals surface area contributed by atoms with Gasteiger partial charge in [-0.3, -0.25) is 14.4 Å². The van der Waals surface area contributed by atoms with Crippen LogP contribution < -0.4 is 15.8 Å². The maximum atomic E-state index is 14.0. The number of hydrogen-bond acceptors (Lipinski definition) is 6. The Morgan fingerprint density at radius 2 is 1.79 bits per heavy atom. The van der Waals surface area contributed by atoms with Crippen molar-refractivity contribution in [1.82, 2.24) is 20.2 Å². The number of ketones is 1. The van der Waals surface area contributed by atoms with E-state index in [4.69, 9.17) is 10.5 Å². The number of amides is 2. The van der Waals surface area contributed by atoms with Crippen LogP contribution in [-0.4, -0.2) is 64.7 Å². The molecule has 1 saturated heterocycles. The molecule has 2 heterocycles. The van der Waals surface area contributed by atoms with Crippen LogP contribution in [0.3, 0.4) is 0 Å². The number of imidazole rings is 1. The molecule has 2 aromatic carbocycles. The number of likely N-dealkylation sites (tertiary alicyclic amines) is 1. The number of halogens is 2. The van der Waals surface area contributed by atoms with Gasteiger partial charge in [0.15, 0.2) is 0 Å². The fraction of sp³-hybridized carbons (Fsp3) is 0.438. The Bertz CT molecular complexity index is 1330. The zero-order valence-electron chi connectivity index (χ0n) is 25.0. The fourth-order valence-electron chi connectivity index (χ4n) is 5.79. The topological polar surface area (TPSA) is 130 Å². The Kier molecular flexibility index (Phi) is 13.7. The molecule has 11 heteroatoms. The van der Waals surface area contributed by atoms with Crippen molar-refractivity contribution in [3.8, 4) is 5.75 Å². The predicted octanol–water partition coefficient (Wildman–Crippen LogP) is 4.10. The summed E-state index contributed by atoms with van der Waals surface area (Å²) in [5.41, 5.74) is 9.20. The van der Waals surface area contributed by atoms with E-state index in [0.29, 0.717) is 38.8 Å². The SMILES string of the molecule is CCCC(=O)C1(c2ccccc2)CCN(C(=O)[C@H](Cc2ccc(OC)c(C)c2)NC(=O)[C@H](N)Cc2cnc[nH]2)CC1.Cl.Cl. The third kappa shape index (κ3) is 8.59. The number of H-pyrrole nitrogens is 1. The Balaban J connectivity index is 0.00000323. The number of aromatic nitrogens is 2. The Labute approximate surface area is 266 Å². The average molecular weight is 633 g/mol. The minimum Gasteiger partial charge on any atom is -0.496 e. The summed E-state index contributed by atoms with van der Waals surface area (Å²) >= 11 is 0. The number of benzene rings is 2. The molecule has 4 N–H and O–H groups in total. The van der Waals surface area contributed by atoms with Crippen molar-refractivity contribution in [2.45, 2.75) is 69.9 Å². The molecule has 0 saturated carbocycles. The van der Waals surface area contributed by atoms with Crippen molar-refractivity contribution in [3.05, 3.63) is 83.4 Å². The molecular weight excluding hydrogens is 589 g/mol. The van der Waals surface area contributed by atoms with Gasteiger partial charge in [0.05, 0.1) is 24.9 Å². The number of piperidine rings is 1. The number of methoxy groups -OCH3 is 1. The lowest BCUT2D eigenvalue weighted by molar-refractivity contribution is -0.139. The molecule has 43 heavy (non-hydrogen) atoms. The van der Waals surface area contributed by atoms with E-state index in [1.807, 2.05) is 62.4 Å². The molecule has 2 atom stereocenters. The molecule has 2 amide bonds. The second kappa shape index (κ2) is 16.4. The maximum absolute atomic E-state index is 14.0. The number of aromatic amines is 1. The zero-order valence-corrected chi connectivity index (χ0v) is 26.6. The number of aryl methyl sites for hydroxylation is 1. The van der Waals surface area contributed by atoms with Gasteiger partial charge in [-0.2, -0.15) is 0 Å². The van der Waals surface area contributed by atoms with Gasteiger partial charge >= 0.3 is 0 Å². The molecule has 0 aliphatic carbocycles. The van der Waals surface area contributed by atoms with E-state index in [1.165, 1.54) is 6.33 Å². The molecule has 0 bridgehead atoms. The summed E-state index contributed by atoms with van der Waals surface area (Å²) in [4.78, 5) is 49.3. The predicted molar refractivity (Wildman–Crippen MR) is 172 cm³/mol. The summed E-state index contributed by atoms with van der Waals surface area (Å²) in [6.45, 7) is 4.81. The van der Waals surface area contributed by atoms with Crippen molar-refractivity contribution >= 4 is 42.4 Å². The molecule has 4 rings (SSSR count). The summed E-state index contributed by atoms with van der Waals surface area (Å²) < 4.78 is 5.39. The van der Waals surface area contributed by atoms with E-state index in [-0.39, 0.29) is 42.9 Å². The lowest BCUT2D eigenvalue weighted by atomic mass is 9.68. The molecule has 1 aromatic heterocycles. The standard InChI is InChI=1S/C32H41N5O4.2ClH/c1-4-8-29(38)32(24-9-6-5-7-10-24)13-15-37(16-14-32)31(40)27(18-23-11-12-28(41-3)22(2)17-23)36-30(39)26(33)19-25-20-34-21-35-25;;/h5-7,9-12,17,20-21,26-27H,4,8,13-16,18-19,33H2,1-3H3,(H,34,35)(H,36,39);2*1H/t26-,27+;;/m1../s1. The van der Waals surface area contributed by atoms with Gasteiger partial charge in [-0.25, -0.2) is 4.98 Å². The number of hydrogen-bond donors (Lipinski definition) is 3. The molecule has 0 radical (unpaired) electrons. The summed E-state index contributed by atoms with van der Waals surface area (Å²) in [6, 6.07) is 14.0. The molecule has 1 aliphatic heterocycles. The van der Waals surface area contributed by atoms with Crippen LogP contribution in [0.25, 0.3) is 0 Å². The third-order valence-corrected chi connectivity index (χ3v) is 8.11. The van der Waals surface area contributed by atoms with Crippen molar-refractivity contribution < 1.29 is 19.1 Å². The van der Waals surface area contributed by atoms with Gasteiger partial charge < -0.3 is 25.7 Å². The Hall–Kier alpha value is -3.40. The van der Waals surface area contributed by atoms with E-state index in [2.05, 4.69) is 15.3 Å². The lowest BCUT2D eigenvalue weighted by Crippen LogP contribution is -2.57. The normalized spacial score (nSPS) is 15.3. The van der Waals surface area contributed by atoms with E-state index in [0.717, 1.165) is 34.6 Å². The summed E-state index contributed by atoms with van der Waals surface area (Å²) in [5.74, 6) is 0.399. The smallest absolute Gasteiger partial charge is 0.245 e. The molecule has 0 unspecified atom stereocenters. The van der Waals surface area contributed by atoms with Crippen LogP contribution >= 0.6 is 24.8 Å². The quantitative estimate of drug-likeness (QED) is 0.276. The number of Topliss-reactive ketones (excluding diaryl/α,β-unsaturated/α-hetero) is 1. The summed E-state index contributed by atoms with van der Waals surface area (Å²) in [7, 11) is 1.62. The monoisotopic (exact) mass is 631 g/mol. The highest BCUT2D eigenvalue weighted by atomic mass is 35.5. The first-order chi connectivity index (χ1) is 19.8. The summed E-state index contributed by atoms with van der Waals surface area (Å²) in [6.07, 6.45) is 6.12. The van der Waals surface area contributed by atoms with Crippen molar-refractivity contribution in [1.29, 1.82) is 0 Å². The summed E-state index contributed by atoms with van der Waals surface area (Å²) in [5, 5.41) is 2.93. The van der Waals surface area contributed by atoms with Crippen LogP contribution in [0.5, 0.6) is 5.75 Å². The highest BCUT2D eigenvalue weighted by Crippen LogP contribution is 2.38. The second-order valence-electron chi connectivity index (χ2n) is 10.9. The number of nitrogens with one attached hydrogen (secondary N) is 2. The largest absolute Gasteiger partial charge is 0.496 e. The second-order valence-corrected chi connectivity index (χ2v) is 10.9. The number of nitrogens with two attached hydrogens (primary N) is 1. The first-order valence-electron chi connectivity index (χ1n) is 14.3. The van der Waals surface area contributed by atoms with Crippen LogP contribution in [0.2, 0.25) is 0 Å². The minimum atomic E-state index is -0.845. The van der Waals surface area contributed by atoms with Gasteiger partial charge in [-0.1, -0.05) is 49.4 Å². The van der Waals surface area contributed by atoms with Crippen LogP contribution in [0.4, 0.5) is 0 Å².